The molecule has 0 aliphatic rings. The molecule has 0 aliphatic carbocycles. The second-order valence-electron chi connectivity index (χ2n) is 4.69. The van der Waals surface area contributed by atoms with Crippen LogP contribution in [0.3, 0.4) is 0 Å². The van der Waals surface area contributed by atoms with Crippen molar-refractivity contribution in [3.63, 3.8) is 0 Å². The second kappa shape index (κ2) is 6.43. The van der Waals surface area contributed by atoms with Gasteiger partial charge in [0.25, 0.3) is 5.91 Å². The molecule has 6 heteroatoms. The average molecular weight is 306 g/mol. The molecular weight excluding hydrogens is 293 g/mol. The van der Waals surface area contributed by atoms with Crippen molar-refractivity contribution >= 4 is 12.1 Å². The molecule has 0 aromatic heterocycles. The Hall–Kier alpha value is -2.63. The van der Waals surface area contributed by atoms with Crippen LogP contribution in [0.4, 0.5) is 13.2 Å². The van der Waals surface area contributed by atoms with Gasteiger partial charge in [-0.3, -0.25) is 4.79 Å². The van der Waals surface area contributed by atoms with Crippen LogP contribution in [0.5, 0.6) is 0 Å². The predicted octanol–water partition coefficient (Wildman–Crippen LogP) is 3.78. The van der Waals surface area contributed by atoms with E-state index in [1.165, 1.54) is 18.3 Å². The summed E-state index contributed by atoms with van der Waals surface area (Å²) in [6.07, 6.45) is -3.24. The van der Waals surface area contributed by atoms with Gasteiger partial charge in [-0.15, -0.1) is 0 Å². The molecule has 1 N–H and O–H groups in total. The first-order chi connectivity index (χ1) is 10.4. The van der Waals surface area contributed by atoms with Crippen molar-refractivity contribution in [2.75, 3.05) is 0 Å². The van der Waals surface area contributed by atoms with Crippen LogP contribution >= 0.6 is 0 Å². The van der Waals surface area contributed by atoms with Crippen molar-refractivity contribution in [1.82, 2.24) is 5.43 Å². The minimum atomic E-state index is -4.41. The number of carbonyl (C=O) groups is 1. The minimum Gasteiger partial charge on any atom is -0.267 e. The molecule has 114 valence electrons. The largest absolute Gasteiger partial charge is 0.416 e. The van der Waals surface area contributed by atoms with Gasteiger partial charge >= 0.3 is 6.18 Å². The molecule has 0 bridgehead atoms. The summed E-state index contributed by atoms with van der Waals surface area (Å²) in [6.45, 7) is 1.85. The monoisotopic (exact) mass is 306 g/mol. The maximum absolute atomic E-state index is 12.6. The van der Waals surface area contributed by atoms with Gasteiger partial charge in [0.1, 0.15) is 0 Å². The third-order valence-corrected chi connectivity index (χ3v) is 2.87. The Labute approximate surface area is 125 Å². The van der Waals surface area contributed by atoms with E-state index in [1.54, 1.807) is 18.2 Å². The first-order valence-corrected chi connectivity index (χ1v) is 6.43. The lowest BCUT2D eigenvalue weighted by Gasteiger charge is -2.06. The fraction of sp³-hybridized carbons (Fsp3) is 0.125. The molecule has 0 saturated carbocycles. The minimum absolute atomic E-state index is 0.249. The highest BCUT2D eigenvalue weighted by Crippen LogP contribution is 2.29. The van der Waals surface area contributed by atoms with E-state index in [2.05, 4.69) is 10.5 Å². The molecule has 0 atom stereocenters. The number of aryl methyl sites for hydroxylation is 1. The number of nitrogens with one attached hydrogen (secondary N) is 1. The van der Waals surface area contributed by atoms with Crippen molar-refractivity contribution in [1.29, 1.82) is 0 Å². The summed E-state index contributed by atoms with van der Waals surface area (Å²) < 4.78 is 37.7. The number of hydrazone groups is 1. The van der Waals surface area contributed by atoms with Gasteiger partial charge in [0, 0.05) is 5.56 Å². The summed E-state index contributed by atoms with van der Waals surface area (Å²) >= 11 is 0. The first-order valence-electron chi connectivity index (χ1n) is 6.43. The van der Waals surface area contributed by atoms with Gasteiger partial charge in [-0.25, -0.2) is 5.43 Å². The molecular formula is C16H13F3N2O. The first kappa shape index (κ1) is 15.8. The van der Waals surface area contributed by atoms with E-state index in [1.807, 2.05) is 13.0 Å². The summed E-state index contributed by atoms with van der Waals surface area (Å²) in [5.74, 6) is -0.424. The van der Waals surface area contributed by atoms with Crippen LogP contribution in [-0.4, -0.2) is 12.1 Å². The van der Waals surface area contributed by atoms with Gasteiger partial charge in [0.15, 0.2) is 0 Å². The molecule has 2 rings (SSSR count). The summed E-state index contributed by atoms with van der Waals surface area (Å²) in [6, 6.07) is 11.6. The van der Waals surface area contributed by atoms with E-state index in [0.29, 0.717) is 5.56 Å². The maximum atomic E-state index is 12.6. The Bertz CT molecular complexity index is 709. The van der Waals surface area contributed by atoms with Gasteiger partial charge in [0.05, 0.1) is 11.8 Å². The lowest BCUT2D eigenvalue weighted by Crippen LogP contribution is -2.17. The number of halogens is 3. The van der Waals surface area contributed by atoms with Crippen molar-refractivity contribution in [2.45, 2.75) is 13.1 Å². The van der Waals surface area contributed by atoms with Crippen molar-refractivity contribution in [3.05, 3.63) is 70.8 Å². The van der Waals surface area contributed by atoms with Crippen molar-refractivity contribution < 1.29 is 18.0 Å². The molecule has 0 fully saturated rings. The fourth-order valence-electron chi connectivity index (χ4n) is 1.81. The zero-order chi connectivity index (χ0) is 16.2. The Morgan fingerprint density at radius 3 is 2.55 bits per heavy atom. The van der Waals surface area contributed by atoms with Crippen molar-refractivity contribution in [3.8, 4) is 0 Å². The molecule has 22 heavy (non-hydrogen) atoms. The van der Waals surface area contributed by atoms with Crippen LogP contribution in [-0.2, 0) is 6.18 Å². The molecule has 1 amide bonds. The average Bonchev–Trinajstić information content (AvgIpc) is 2.46. The molecule has 0 spiro atoms. The molecule has 2 aromatic carbocycles. The Morgan fingerprint density at radius 1 is 1.14 bits per heavy atom. The fourth-order valence-corrected chi connectivity index (χ4v) is 1.81. The number of hydrogen-bond donors (Lipinski definition) is 1. The van der Waals surface area contributed by atoms with Gasteiger partial charge in [-0.2, -0.15) is 18.3 Å². The predicted molar refractivity (Wildman–Crippen MR) is 77.7 cm³/mol. The Kier molecular flexibility index (Phi) is 4.60. The third-order valence-electron chi connectivity index (χ3n) is 2.87. The summed E-state index contributed by atoms with van der Waals surface area (Å²) in [4.78, 5) is 11.8. The SMILES string of the molecule is Cc1cccc(C(=O)NN=Cc2cccc(C(F)(F)F)c2)c1. The van der Waals surface area contributed by atoms with E-state index in [-0.39, 0.29) is 5.56 Å². The van der Waals surface area contributed by atoms with Crippen LogP contribution in [0, 0.1) is 6.92 Å². The van der Waals surface area contributed by atoms with Crippen LogP contribution in [0.2, 0.25) is 0 Å². The number of rotatable bonds is 3. The van der Waals surface area contributed by atoms with E-state index in [4.69, 9.17) is 0 Å². The summed E-state index contributed by atoms with van der Waals surface area (Å²) in [7, 11) is 0. The highest BCUT2D eigenvalue weighted by Gasteiger charge is 2.30. The standard InChI is InChI=1S/C16H13F3N2O/c1-11-4-2-6-13(8-11)15(22)21-20-10-12-5-3-7-14(9-12)16(17,18)19/h2-10H,1H3,(H,21,22). The number of amides is 1. The molecule has 0 saturated heterocycles. The number of carbonyl (C=O) groups excluding carboxylic acids is 1. The normalized spacial score (nSPS) is 11.6. The topological polar surface area (TPSA) is 41.5 Å². The molecule has 0 heterocycles. The van der Waals surface area contributed by atoms with Crippen LogP contribution in [0.1, 0.15) is 27.0 Å². The Balaban J connectivity index is 2.05. The van der Waals surface area contributed by atoms with Crippen LogP contribution < -0.4 is 5.43 Å². The number of hydrogen-bond acceptors (Lipinski definition) is 2. The highest BCUT2D eigenvalue weighted by molar-refractivity contribution is 5.95. The lowest BCUT2D eigenvalue weighted by atomic mass is 10.1. The van der Waals surface area contributed by atoms with Gasteiger partial charge in [0.2, 0.25) is 0 Å². The van der Waals surface area contributed by atoms with Gasteiger partial charge in [-0.05, 0) is 36.8 Å². The lowest BCUT2D eigenvalue weighted by molar-refractivity contribution is -0.137. The van der Waals surface area contributed by atoms with E-state index >= 15 is 0 Å². The van der Waals surface area contributed by atoms with Gasteiger partial charge in [-0.1, -0.05) is 29.8 Å². The molecule has 3 nitrogen and oxygen atoms in total. The zero-order valence-electron chi connectivity index (χ0n) is 11.7. The number of alkyl halides is 3. The number of nitrogens with zero attached hydrogens (tertiary/aromatic N) is 1. The van der Waals surface area contributed by atoms with Crippen LogP contribution in [0.25, 0.3) is 0 Å². The molecule has 2 aromatic rings. The third kappa shape index (κ3) is 4.18. The van der Waals surface area contributed by atoms with Crippen molar-refractivity contribution in [2.24, 2.45) is 5.10 Å². The smallest absolute Gasteiger partial charge is 0.267 e. The summed E-state index contributed by atoms with van der Waals surface area (Å²) in [5.41, 5.74) is 3.13. The quantitative estimate of drug-likeness (QED) is 0.680. The molecule has 0 unspecified atom stereocenters. The van der Waals surface area contributed by atoms with Gasteiger partial charge < -0.3 is 0 Å². The van der Waals surface area contributed by atoms with E-state index in [0.717, 1.165) is 17.7 Å². The second-order valence-corrected chi connectivity index (χ2v) is 4.69. The zero-order valence-corrected chi connectivity index (χ0v) is 11.7. The molecule has 0 radical (unpaired) electrons. The maximum Gasteiger partial charge on any atom is 0.416 e. The summed E-state index contributed by atoms with van der Waals surface area (Å²) in [5, 5.41) is 3.68. The van der Waals surface area contributed by atoms with E-state index in [9.17, 15) is 18.0 Å². The molecule has 0 aliphatic heterocycles. The van der Waals surface area contributed by atoms with Crippen LogP contribution in [0.15, 0.2) is 53.6 Å². The highest BCUT2D eigenvalue weighted by atomic mass is 19.4. The Morgan fingerprint density at radius 2 is 1.86 bits per heavy atom. The number of benzene rings is 2. The van der Waals surface area contributed by atoms with E-state index < -0.39 is 17.6 Å².